The lowest BCUT2D eigenvalue weighted by molar-refractivity contribution is 0.233. The monoisotopic (exact) mass is 386 g/mol. The highest BCUT2D eigenvalue weighted by Crippen LogP contribution is 2.20. The van der Waals surface area contributed by atoms with Crippen molar-refractivity contribution in [3.8, 4) is 5.75 Å². The third kappa shape index (κ3) is 4.85. The van der Waals surface area contributed by atoms with Crippen LogP contribution in [-0.4, -0.2) is 28.7 Å². The third-order valence-electron chi connectivity index (χ3n) is 4.08. The highest BCUT2D eigenvalue weighted by Gasteiger charge is 2.20. The topological polar surface area (TPSA) is 68.2 Å². The maximum atomic E-state index is 13.5. The molecule has 0 spiro atoms. The molecule has 6 nitrogen and oxygen atoms in total. The SMILES string of the molecule is Cn1ccnc1[C@@H](NC(=O)NCCOc1ccccc1F)c1ccc(F)cc1. The Hall–Kier alpha value is -3.42. The number of carbonyl (C=O) groups is 1. The zero-order valence-corrected chi connectivity index (χ0v) is 15.2. The van der Waals surface area contributed by atoms with Crippen LogP contribution in [0.1, 0.15) is 17.4 Å². The van der Waals surface area contributed by atoms with E-state index in [1.807, 2.05) is 0 Å². The van der Waals surface area contributed by atoms with Crippen molar-refractivity contribution in [2.45, 2.75) is 6.04 Å². The van der Waals surface area contributed by atoms with Crippen LogP contribution in [0.25, 0.3) is 0 Å². The molecule has 3 rings (SSSR count). The van der Waals surface area contributed by atoms with Gasteiger partial charge in [-0.05, 0) is 29.8 Å². The number of amides is 2. The van der Waals surface area contributed by atoms with Gasteiger partial charge in [0.1, 0.15) is 24.3 Å². The number of urea groups is 1. The second kappa shape index (κ2) is 8.98. The first-order chi connectivity index (χ1) is 13.5. The second-order valence-corrected chi connectivity index (χ2v) is 6.06. The molecule has 3 aromatic rings. The van der Waals surface area contributed by atoms with E-state index in [1.54, 1.807) is 48.3 Å². The molecular formula is C20H20F2N4O2. The Morgan fingerprint density at radius 2 is 1.93 bits per heavy atom. The number of hydrogen-bond acceptors (Lipinski definition) is 3. The van der Waals surface area contributed by atoms with Crippen LogP contribution in [0.3, 0.4) is 0 Å². The largest absolute Gasteiger partial charge is 0.489 e. The minimum absolute atomic E-state index is 0.109. The summed E-state index contributed by atoms with van der Waals surface area (Å²) in [5.41, 5.74) is 0.688. The summed E-state index contributed by atoms with van der Waals surface area (Å²) in [4.78, 5) is 16.6. The number of aromatic nitrogens is 2. The van der Waals surface area contributed by atoms with Crippen molar-refractivity contribution in [1.82, 2.24) is 20.2 Å². The van der Waals surface area contributed by atoms with Crippen molar-refractivity contribution >= 4 is 6.03 Å². The van der Waals surface area contributed by atoms with E-state index < -0.39 is 17.9 Å². The van der Waals surface area contributed by atoms with Crippen LogP contribution in [0.15, 0.2) is 60.9 Å². The van der Waals surface area contributed by atoms with E-state index in [1.165, 1.54) is 24.3 Å². The number of nitrogens with zero attached hydrogens (tertiary/aromatic N) is 2. The van der Waals surface area contributed by atoms with Crippen molar-refractivity contribution in [3.63, 3.8) is 0 Å². The first kappa shape index (κ1) is 19.3. The molecule has 146 valence electrons. The molecule has 0 aliphatic carbocycles. The fourth-order valence-electron chi connectivity index (χ4n) is 2.68. The van der Waals surface area contributed by atoms with Gasteiger partial charge in [-0.15, -0.1) is 0 Å². The molecule has 2 N–H and O–H groups in total. The Balaban J connectivity index is 1.59. The van der Waals surface area contributed by atoms with E-state index in [-0.39, 0.29) is 24.7 Å². The predicted molar refractivity (Wildman–Crippen MR) is 99.9 cm³/mol. The van der Waals surface area contributed by atoms with Gasteiger partial charge in [0, 0.05) is 19.4 Å². The Morgan fingerprint density at radius 3 is 2.61 bits per heavy atom. The smallest absolute Gasteiger partial charge is 0.315 e. The summed E-state index contributed by atoms with van der Waals surface area (Å²) in [6.07, 6.45) is 3.38. The van der Waals surface area contributed by atoms with Gasteiger partial charge < -0.3 is 19.9 Å². The summed E-state index contributed by atoms with van der Waals surface area (Å²) in [7, 11) is 1.81. The lowest BCUT2D eigenvalue weighted by atomic mass is 10.1. The molecule has 8 heteroatoms. The number of nitrogens with one attached hydrogen (secondary N) is 2. The zero-order valence-electron chi connectivity index (χ0n) is 15.2. The van der Waals surface area contributed by atoms with E-state index in [9.17, 15) is 13.6 Å². The van der Waals surface area contributed by atoms with Crippen LogP contribution in [-0.2, 0) is 7.05 Å². The number of benzene rings is 2. The van der Waals surface area contributed by atoms with Gasteiger partial charge in [0.2, 0.25) is 0 Å². The number of imidazole rings is 1. The highest BCUT2D eigenvalue weighted by atomic mass is 19.1. The summed E-state index contributed by atoms with van der Waals surface area (Å²) in [6.45, 7) is 0.287. The molecule has 0 bridgehead atoms. The van der Waals surface area contributed by atoms with Crippen molar-refractivity contribution in [2.75, 3.05) is 13.2 Å². The summed E-state index contributed by atoms with van der Waals surface area (Å²) in [5.74, 6) is -0.0959. The highest BCUT2D eigenvalue weighted by molar-refractivity contribution is 5.74. The Kier molecular flexibility index (Phi) is 6.21. The van der Waals surface area contributed by atoms with Gasteiger partial charge in [-0.2, -0.15) is 0 Å². The molecule has 0 fully saturated rings. The van der Waals surface area contributed by atoms with Crippen molar-refractivity contribution in [3.05, 3.63) is 83.9 Å². The molecule has 0 aliphatic rings. The molecular weight excluding hydrogens is 366 g/mol. The predicted octanol–water partition coefficient (Wildman–Crippen LogP) is 3.17. The summed E-state index contributed by atoms with van der Waals surface area (Å²) in [6, 6.07) is 10.9. The molecule has 1 aromatic heterocycles. The molecule has 2 amide bonds. The summed E-state index contributed by atoms with van der Waals surface area (Å²) in [5, 5.41) is 5.48. The Morgan fingerprint density at radius 1 is 1.18 bits per heavy atom. The number of aryl methyl sites for hydroxylation is 1. The van der Waals surface area contributed by atoms with E-state index in [0.717, 1.165) is 0 Å². The van der Waals surface area contributed by atoms with Gasteiger partial charge in [-0.25, -0.2) is 18.6 Å². The average Bonchev–Trinajstić information content (AvgIpc) is 3.11. The molecule has 0 unspecified atom stereocenters. The molecule has 28 heavy (non-hydrogen) atoms. The molecule has 1 heterocycles. The summed E-state index contributed by atoms with van der Waals surface area (Å²) >= 11 is 0. The van der Waals surface area contributed by atoms with Crippen LogP contribution in [0.2, 0.25) is 0 Å². The van der Waals surface area contributed by atoms with Crippen molar-refractivity contribution in [1.29, 1.82) is 0 Å². The minimum atomic E-state index is -0.562. The van der Waals surface area contributed by atoms with E-state index in [2.05, 4.69) is 15.6 Å². The minimum Gasteiger partial charge on any atom is -0.489 e. The quantitative estimate of drug-likeness (QED) is 0.613. The number of ether oxygens (including phenoxy) is 1. The van der Waals surface area contributed by atoms with Crippen molar-refractivity contribution < 1.29 is 18.3 Å². The molecule has 0 saturated carbocycles. The van der Waals surface area contributed by atoms with Gasteiger partial charge >= 0.3 is 6.03 Å². The van der Waals surface area contributed by atoms with Gasteiger partial charge in [-0.1, -0.05) is 24.3 Å². The lowest BCUT2D eigenvalue weighted by Gasteiger charge is -2.19. The summed E-state index contributed by atoms with van der Waals surface area (Å²) < 4.78 is 33.8. The maximum Gasteiger partial charge on any atom is 0.315 e. The number of halogens is 2. The van der Waals surface area contributed by atoms with Crippen LogP contribution in [0.5, 0.6) is 5.75 Å². The fraction of sp³-hybridized carbons (Fsp3) is 0.200. The van der Waals surface area contributed by atoms with Crippen LogP contribution in [0, 0.1) is 11.6 Å². The molecule has 0 saturated heterocycles. The molecule has 2 aromatic carbocycles. The molecule has 0 radical (unpaired) electrons. The zero-order chi connectivity index (χ0) is 19.9. The maximum absolute atomic E-state index is 13.5. The van der Waals surface area contributed by atoms with Gasteiger partial charge in [-0.3, -0.25) is 0 Å². The Labute approximate surface area is 161 Å². The van der Waals surface area contributed by atoms with Crippen LogP contribution in [0.4, 0.5) is 13.6 Å². The van der Waals surface area contributed by atoms with Crippen LogP contribution >= 0.6 is 0 Å². The van der Waals surface area contributed by atoms with E-state index in [0.29, 0.717) is 11.4 Å². The lowest BCUT2D eigenvalue weighted by Crippen LogP contribution is -2.40. The first-order valence-electron chi connectivity index (χ1n) is 8.69. The van der Waals surface area contributed by atoms with E-state index >= 15 is 0 Å². The van der Waals surface area contributed by atoms with Gasteiger partial charge in [0.05, 0.1) is 6.54 Å². The second-order valence-electron chi connectivity index (χ2n) is 6.06. The molecule has 0 aliphatic heterocycles. The van der Waals surface area contributed by atoms with Gasteiger partial charge in [0.15, 0.2) is 11.6 Å². The van der Waals surface area contributed by atoms with Crippen molar-refractivity contribution in [2.24, 2.45) is 7.05 Å². The molecule has 1 atom stereocenters. The Bertz CT molecular complexity index is 928. The normalized spacial score (nSPS) is 11.7. The number of para-hydroxylation sites is 1. The first-order valence-corrected chi connectivity index (χ1v) is 8.69. The van der Waals surface area contributed by atoms with E-state index in [4.69, 9.17) is 4.74 Å². The number of carbonyl (C=O) groups excluding carboxylic acids is 1. The number of rotatable bonds is 7. The number of hydrogen-bond donors (Lipinski definition) is 2. The van der Waals surface area contributed by atoms with Crippen LogP contribution < -0.4 is 15.4 Å². The third-order valence-corrected chi connectivity index (χ3v) is 4.08. The fourth-order valence-corrected chi connectivity index (χ4v) is 2.68. The standard InChI is InChI=1S/C20H20F2N4O2/c1-26-12-10-23-19(26)18(14-6-8-15(21)9-7-14)25-20(27)24-11-13-28-17-5-3-2-4-16(17)22/h2-10,12,18H,11,13H2,1H3,(H2,24,25,27)/t18-/m0/s1. The average molecular weight is 386 g/mol. The van der Waals surface area contributed by atoms with Gasteiger partial charge in [0.25, 0.3) is 0 Å².